The van der Waals surface area contributed by atoms with Gasteiger partial charge in [-0.05, 0) is 17.7 Å². The molecule has 1 aromatic rings. The molecule has 1 aromatic carbocycles. The molecule has 0 saturated carbocycles. The third-order valence-corrected chi connectivity index (χ3v) is 2.66. The van der Waals surface area contributed by atoms with E-state index >= 15 is 0 Å². The molecular weight excluding hydrogens is 205 g/mol. The number of benzene rings is 1. The maximum Gasteiger partial charge on any atom is 0.192 e. The van der Waals surface area contributed by atoms with Crippen LogP contribution in [0.2, 0.25) is 0 Å². The number of hydrogen-bond acceptors (Lipinski definition) is 3. The summed E-state index contributed by atoms with van der Waals surface area (Å²) in [4.78, 5) is 6.09. The Labute approximate surface area is 94.1 Å². The molecule has 3 nitrogen and oxygen atoms in total. The van der Waals surface area contributed by atoms with Gasteiger partial charge in [0.1, 0.15) is 5.82 Å². The van der Waals surface area contributed by atoms with Crippen LogP contribution in [-0.2, 0) is 0 Å². The summed E-state index contributed by atoms with van der Waals surface area (Å²) in [6.45, 7) is 4.87. The molecule has 2 N–H and O–H groups in total. The lowest BCUT2D eigenvalue weighted by molar-refractivity contribution is 0.379. The molecule has 0 radical (unpaired) electrons. The minimum atomic E-state index is -0.235. The molecular formula is C12H14FN3. The molecule has 1 aliphatic heterocycles. The van der Waals surface area contributed by atoms with Gasteiger partial charge in [0.05, 0.1) is 12.6 Å². The van der Waals surface area contributed by atoms with Crippen molar-refractivity contribution in [2.45, 2.75) is 6.04 Å². The summed E-state index contributed by atoms with van der Waals surface area (Å²) in [6, 6.07) is 6.56. The van der Waals surface area contributed by atoms with Gasteiger partial charge in [-0.15, -0.1) is 6.58 Å². The zero-order valence-electron chi connectivity index (χ0n) is 8.94. The van der Waals surface area contributed by atoms with Crippen LogP contribution in [0.3, 0.4) is 0 Å². The Kier molecular flexibility index (Phi) is 2.90. The number of aliphatic imine (C=N–C) groups is 1. The molecule has 0 bridgehead atoms. The predicted octanol–water partition coefficient (Wildman–Crippen LogP) is 1.68. The Bertz CT molecular complexity index is 428. The molecule has 1 aliphatic rings. The maximum atomic E-state index is 13.1. The lowest BCUT2D eigenvalue weighted by Gasteiger charge is -2.25. The van der Waals surface area contributed by atoms with Crippen LogP contribution in [0.25, 0.3) is 0 Å². The van der Waals surface area contributed by atoms with E-state index in [2.05, 4.69) is 11.6 Å². The van der Waals surface area contributed by atoms with Gasteiger partial charge in [0.2, 0.25) is 0 Å². The van der Waals surface area contributed by atoms with Crippen molar-refractivity contribution in [3.63, 3.8) is 0 Å². The number of nitrogens with zero attached hydrogens (tertiary/aromatic N) is 2. The summed E-state index contributed by atoms with van der Waals surface area (Å²) in [5.41, 5.74) is 6.66. The van der Waals surface area contributed by atoms with Crippen molar-refractivity contribution >= 4 is 5.96 Å². The molecule has 0 aromatic heterocycles. The number of rotatable bonds is 3. The molecule has 1 heterocycles. The van der Waals surface area contributed by atoms with Gasteiger partial charge in [-0.2, -0.15) is 0 Å². The second-order valence-corrected chi connectivity index (χ2v) is 3.71. The molecule has 0 amide bonds. The van der Waals surface area contributed by atoms with E-state index in [9.17, 15) is 4.39 Å². The highest BCUT2D eigenvalue weighted by Crippen LogP contribution is 2.25. The Morgan fingerprint density at radius 3 is 3.12 bits per heavy atom. The second-order valence-electron chi connectivity index (χ2n) is 3.71. The summed E-state index contributed by atoms with van der Waals surface area (Å²) in [7, 11) is 0. The standard InChI is InChI=1S/C12H14FN3/c1-2-6-16-11(8-15-12(16)14)9-4-3-5-10(13)7-9/h2-5,7,11H,1,6,8H2,(H2,14,15). The molecule has 16 heavy (non-hydrogen) atoms. The van der Waals surface area contributed by atoms with Crippen LogP contribution >= 0.6 is 0 Å². The topological polar surface area (TPSA) is 41.6 Å². The third kappa shape index (κ3) is 1.91. The van der Waals surface area contributed by atoms with Crippen LogP contribution in [0.5, 0.6) is 0 Å². The fraction of sp³-hybridized carbons (Fsp3) is 0.250. The van der Waals surface area contributed by atoms with E-state index in [1.165, 1.54) is 12.1 Å². The van der Waals surface area contributed by atoms with Crippen molar-refractivity contribution in [3.05, 3.63) is 48.3 Å². The van der Waals surface area contributed by atoms with Crippen molar-refractivity contribution in [2.24, 2.45) is 10.7 Å². The van der Waals surface area contributed by atoms with E-state index in [1.807, 2.05) is 11.0 Å². The molecule has 0 aliphatic carbocycles. The average Bonchev–Trinajstić information content (AvgIpc) is 2.61. The predicted molar refractivity (Wildman–Crippen MR) is 62.5 cm³/mol. The van der Waals surface area contributed by atoms with Crippen molar-refractivity contribution in [3.8, 4) is 0 Å². The largest absolute Gasteiger partial charge is 0.370 e. The number of hydrogen-bond donors (Lipinski definition) is 1. The normalized spacial score (nSPS) is 19.7. The van der Waals surface area contributed by atoms with Gasteiger partial charge in [-0.1, -0.05) is 18.2 Å². The molecule has 84 valence electrons. The minimum Gasteiger partial charge on any atom is -0.370 e. The molecule has 0 fully saturated rings. The third-order valence-electron chi connectivity index (χ3n) is 2.66. The van der Waals surface area contributed by atoms with Crippen LogP contribution in [-0.4, -0.2) is 23.9 Å². The van der Waals surface area contributed by atoms with Crippen LogP contribution in [0.15, 0.2) is 41.9 Å². The summed E-state index contributed by atoms with van der Waals surface area (Å²) < 4.78 is 13.1. The number of halogens is 1. The Hall–Kier alpha value is -1.84. The van der Waals surface area contributed by atoms with E-state index < -0.39 is 0 Å². The van der Waals surface area contributed by atoms with Crippen LogP contribution in [0.4, 0.5) is 4.39 Å². The van der Waals surface area contributed by atoms with Crippen LogP contribution < -0.4 is 5.73 Å². The first-order valence-corrected chi connectivity index (χ1v) is 5.15. The quantitative estimate of drug-likeness (QED) is 0.786. The Balaban J connectivity index is 2.25. The van der Waals surface area contributed by atoms with Gasteiger partial charge >= 0.3 is 0 Å². The number of guanidine groups is 1. The zero-order valence-corrected chi connectivity index (χ0v) is 8.94. The van der Waals surface area contributed by atoms with Crippen molar-refractivity contribution in [2.75, 3.05) is 13.1 Å². The fourth-order valence-corrected chi connectivity index (χ4v) is 1.89. The van der Waals surface area contributed by atoms with Crippen molar-refractivity contribution < 1.29 is 4.39 Å². The highest BCUT2D eigenvalue weighted by molar-refractivity contribution is 5.80. The Morgan fingerprint density at radius 2 is 2.44 bits per heavy atom. The van der Waals surface area contributed by atoms with Gasteiger partial charge in [0.25, 0.3) is 0 Å². The van der Waals surface area contributed by atoms with Crippen molar-refractivity contribution in [1.29, 1.82) is 0 Å². The average molecular weight is 219 g/mol. The summed E-state index contributed by atoms with van der Waals surface area (Å²) in [5.74, 6) is 0.260. The monoisotopic (exact) mass is 219 g/mol. The first-order valence-electron chi connectivity index (χ1n) is 5.15. The van der Waals surface area contributed by atoms with Gasteiger partial charge < -0.3 is 10.6 Å². The highest BCUT2D eigenvalue weighted by atomic mass is 19.1. The van der Waals surface area contributed by atoms with Crippen LogP contribution in [0, 0.1) is 5.82 Å². The minimum absolute atomic E-state index is 0.0219. The van der Waals surface area contributed by atoms with E-state index in [0.717, 1.165) is 5.56 Å². The fourth-order valence-electron chi connectivity index (χ4n) is 1.89. The van der Waals surface area contributed by atoms with Gasteiger partial charge in [0.15, 0.2) is 5.96 Å². The molecule has 0 saturated heterocycles. The highest BCUT2D eigenvalue weighted by Gasteiger charge is 2.26. The van der Waals surface area contributed by atoms with Gasteiger partial charge in [-0.25, -0.2) is 4.39 Å². The maximum absolute atomic E-state index is 13.1. The summed E-state index contributed by atoms with van der Waals surface area (Å²) in [5, 5.41) is 0. The summed E-state index contributed by atoms with van der Waals surface area (Å²) >= 11 is 0. The first kappa shape index (κ1) is 10.7. The number of nitrogens with two attached hydrogens (primary N) is 1. The van der Waals surface area contributed by atoms with E-state index in [-0.39, 0.29) is 11.9 Å². The Morgan fingerprint density at radius 1 is 1.62 bits per heavy atom. The van der Waals surface area contributed by atoms with Crippen molar-refractivity contribution in [1.82, 2.24) is 4.90 Å². The second kappa shape index (κ2) is 4.35. The lowest BCUT2D eigenvalue weighted by Crippen LogP contribution is -2.36. The zero-order chi connectivity index (χ0) is 11.5. The molecule has 2 rings (SSSR count). The smallest absolute Gasteiger partial charge is 0.192 e. The molecule has 4 heteroatoms. The molecule has 1 atom stereocenters. The SMILES string of the molecule is C=CCN1C(N)=NCC1c1cccc(F)c1. The lowest BCUT2D eigenvalue weighted by atomic mass is 10.1. The van der Waals surface area contributed by atoms with Crippen LogP contribution in [0.1, 0.15) is 11.6 Å². The first-order chi connectivity index (χ1) is 7.72. The summed E-state index contributed by atoms with van der Waals surface area (Å²) in [6.07, 6.45) is 1.76. The molecule has 1 unspecified atom stereocenters. The van der Waals surface area contributed by atoms with Gasteiger partial charge in [-0.3, -0.25) is 4.99 Å². The van der Waals surface area contributed by atoms with E-state index in [0.29, 0.717) is 19.0 Å². The van der Waals surface area contributed by atoms with Gasteiger partial charge in [0, 0.05) is 6.54 Å². The van der Waals surface area contributed by atoms with E-state index in [1.54, 1.807) is 12.1 Å². The van der Waals surface area contributed by atoms with E-state index in [4.69, 9.17) is 5.73 Å². The molecule has 0 spiro atoms.